The SMILES string of the molecule is COc1cc(-c2noc([C@@H](Cc3ccccc3)NC(=O)COc3ccc(Cl)cc3)n2)cc(OC)c1OC. The lowest BCUT2D eigenvalue weighted by Gasteiger charge is -2.16. The van der Waals surface area contributed by atoms with Crippen LogP contribution in [0.2, 0.25) is 5.02 Å². The van der Waals surface area contributed by atoms with Crippen LogP contribution in [0.3, 0.4) is 0 Å². The maximum absolute atomic E-state index is 12.8. The number of nitrogens with one attached hydrogen (secondary N) is 1. The number of amides is 1. The molecule has 1 aromatic heterocycles. The average Bonchev–Trinajstić information content (AvgIpc) is 3.42. The van der Waals surface area contributed by atoms with Gasteiger partial charge in [0.1, 0.15) is 11.8 Å². The number of benzene rings is 3. The van der Waals surface area contributed by atoms with Gasteiger partial charge in [-0.25, -0.2) is 0 Å². The molecule has 4 rings (SSSR count). The zero-order valence-corrected chi connectivity index (χ0v) is 21.3. The van der Waals surface area contributed by atoms with Crippen LogP contribution in [0.1, 0.15) is 17.5 Å². The minimum absolute atomic E-state index is 0.194. The summed E-state index contributed by atoms with van der Waals surface area (Å²) in [5, 5.41) is 7.65. The van der Waals surface area contributed by atoms with E-state index in [-0.39, 0.29) is 18.4 Å². The maximum atomic E-state index is 12.8. The highest BCUT2D eigenvalue weighted by molar-refractivity contribution is 6.30. The molecule has 1 atom stereocenters. The third-order valence-electron chi connectivity index (χ3n) is 5.46. The van der Waals surface area contributed by atoms with Crippen LogP contribution in [0.15, 0.2) is 71.3 Å². The Morgan fingerprint density at radius 2 is 1.65 bits per heavy atom. The fourth-order valence-electron chi connectivity index (χ4n) is 3.67. The summed E-state index contributed by atoms with van der Waals surface area (Å²) in [7, 11) is 4.58. The van der Waals surface area contributed by atoms with Crippen molar-refractivity contribution in [2.45, 2.75) is 12.5 Å². The van der Waals surface area contributed by atoms with Gasteiger partial charge in [-0.05, 0) is 42.0 Å². The molecule has 1 heterocycles. The van der Waals surface area contributed by atoms with Crippen molar-refractivity contribution >= 4 is 17.5 Å². The second-order valence-electron chi connectivity index (χ2n) is 7.92. The number of aromatic nitrogens is 2. The predicted molar refractivity (Wildman–Crippen MR) is 137 cm³/mol. The van der Waals surface area contributed by atoms with Crippen LogP contribution in [0, 0.1) is 0 Å². The highest BCUT2D eigenvalue weighted by Crippen LogP contribution is 2.40. The van der Waals surface area contributed by atoms with Gasteiger partial charge in [-0.1, -0.05) is 47.1 Å². The largest absolute Gasteiger partial charge is 0.493 e. The summed E-state index contributed by atoms with van der Waals surface area (Å²) in [6.45, 7) is -0.194. The number of carbonyl (C=O) groups excluding carboxylic acids is 1. The van der Waals surface area contributed by atoms with E-state index >= 15 is 0 Å². The molecule has 0 fully saturated rings. The number of carbonyl (C=O) groups is 1. The van der Waals surface area contributed by atoms with Gasteiger partial charge in [-0.3, -0.25) is 4.79 Å². The molecule has 0 saturated heterocycles. The van der Waals surface area contributed by atoms with Gasteiger partial charge in [0.05, 0.1) is 21.3 Å². The summed E-state index contributed by atoms with van der Waals surface area (Å²) in [5.41, 5.74) is 1.58. The van der Waals surface area contributed by atoms with Gasteiger partial charge in [0.25, 0.3) is 5.91 Å². The summed E-state index contributed by atoms with van der Waals surface area (Å²) < 4.78 is 27.4. The number of nitrogens with zero attached hydrogens (tertiary/aromatic N) is 2. The molecule has 192 valence electrons. The van der Waals surface area contributed by atoms with Crippen molar-refractivity contribution in [3.63, 3.8) is 0 Å². The molecule has 0 aliphatic rings. The fourth-order valence-corrected chi connectivity index (χ4v) is 3.80. The van der Waals surface area contributed by atoms with E-state index in [0.717, 1.165) is 5.56 Å². The summed E-state index contributed by atoms with van der Waals surface area (Å²) >= 11 is 5.90. The molecule has 3 aromatic carbocycles. The number of hydrogen-bond donors (Lipinski definition) is 1. The first-order chi connectivity index (χ1) is 18.0. The van der Waals surface area contributed by atoms with Crippen molar-refractivity contribution in [1.82, 2.24) is 15.5 Å². The third-order valence-corrected chi connectivity index (χ3v) is 5.72. The Morgan fingerprint density at radius 1 is 0.973 bits per heavy atom. The second-order valence-corrected chi connectivity index (χ2v) is 8.36. The minimum atomic E-state index is -0.591. The van der Waals surface area contributed by atoms with Crippen molar-refractivity contribution in [2.75, 3.05) is 27.9 Å². The number of methoxy groups -OCH3 is 3. The molecule has 0 aliphatic heterocycles. The van der Waals surface area contributed by atoms with Crippen LogP contribution in [0.5, 0.6) is 23.0 Å². The topological polar surface area (TPSA) is 105 Å². The Morgan fingerprint density at radius 3 is 2.27 bits per heavy atom. The quantitative estimate of drug-likeness (QED) is 0.296. The molecular weight excluding hydrogens is 498 g/mol. The van der Waals surface area contributed by atoms with Gasteiger partial charge in [0, 0.05) is 17.0 Å². The molecule has 37 heavy (non-hydrogen) atoms. The third kappa shape index (κ3) is 6.50. The fraction of sp³-hybridized carbons (Fsp3) is 0.222. The molecule has 1 amide bonds. The Bertz CT molecular complexity index is 1300. The Kier molecular flexibility index (Phi) is 8.48. The molecule has 0 saturated carbocycles. The van der Waals surface area contributed by atoms with Gasteiger partial charge in [0.2, 0.25) is 17.5 Å². The van der Waals surface area contributed by atoms with Crippen molar-refractivity contribution in [3.05, 3.63) is 83.2 Å². The molecule has 1 N–H and O–H groups in total. The minimum Gasteiger partial charge on any atom is -0.493 e. The lowest BCUT2D eigenvalue weighted by Crippen LogP contribution is -2.34. The first-order valence-electron chi connectivity index (χ1n) is 11.4. The van der Waals surface area contributed by atoms with Gasteiger partial charge >= 0.3 is 0 Å². The van der Waals surface area contributed by atoms with Crippen LogP contribution >= 0.6 is 11.6 Å². The number of halogens is 1. The Balaban J connectivity index is 1.56. The number of ether oxygens (including phenoxy) is 4. The van der Waals surface area contributed by atoms with E-state index in [0.29, 0.717) is 45.8 Å². The second kappa shape index (κ2) is 12.1. The van der Waals surface area contributed by atoms with Crippen LogP contribution < -0.4 is 24.3 Å². The maximum Gasteiger partial charge on any atom is 0.258 e. The normalized spacial score (nSPS) is 11.5. The van der Waals surface area contributed by atoms with Crippen LogP contribution in [-0.2, 0) is 11.2 Å². The monoisotopic (exact) mass is 523 g/mol. The first-order valence-corrected chi connectivity index (χ1v) is 11.7. The van der Waals surface area contributed by atoms with E-state index in [2.05, 4.69) is 15.5 Å². The zero-order valence-electron chi connectivity index (χ0n) is 20.6. The zero-order chi connectivity index (χ0) is 26.2. The molecule has 0 spiro atoms. The molecular formula is C27H26ClN3O6. The first kappa shape index (κ1) is 25.8. The molecule has 9 nitrogen and oxygen atoms in total. The van der Waals surface area contributed by atoms with E-state index in [9.17, 15) is 4.79 Å². The van der Waals surface area contributed by atoms with Gasteiger partial charge in [-0.15, -0.1) is 0 Å². The van der Waals surface area contributed by atoms with Crippen molar-refractivity contribution in [2.24, 2.45) is 0 Å². The van der Waals surface area contributed by atoms with E-state index < -0.39 is 6.04 Å². The standard InChI is InChI=1S/C27H26ClN3O6/c1-33-22-14-18(15-23(34-2)25(22)35-3)26-30-27(37-31-26)21(13-17-7-5-4-6-8-17)29-24(32)16-36-20-11-9-19(28)10-12-20/h4-12,14-15,21H,13,16H2,1-3H3,(H,29,32)/t21-/m1/s1. The number of rotatable bonds is 11. The van der Waals surface area contributed by atoms with E-state index in [1.807, 2.05) is 30.3 Å². The van der Waals surface area contributed by atoms with Crippen LogP contribution in [0.25, 0.3) is 11.4 Å². The Labute approximate surface area is 219 Å². The Hall–Kier alpha value is -4.24. The van der Waals surface area contributed by atoms with E-state index in [1.165, 1.54) is 21.3 Å². The average molecular weight is 524 g/mol. The molecule has 0 radical (unpaired) electrons. The van der Waals surface area contributed by atoms with Crippen molar-refractivity contribution < 1.29 is 28.3 Å². The predicted octanol–water partition coefficient (Wildman–Crippen LogP) is 4.89. The molecule has 10 heteroatoms. The highest BCUT2D eigenvalue weighted by Gasteiger charge is 2.24. The molecule has 4 aromatic rings. The van der Waals surface area contributed by atoms with Crippen molar-refractivity contribution in [1.29, 1.82) is 0 Å². The molecule has 0 unspecified atom stereocenters. The highest BCUT2D eigenvalue weighted by atomic mass is 35.5. The summed E-state index contributed by atoms with van der Waals surface area (Å²) in [4.78, 5) is 17.3. The van der Waals surface area contributed by atoms with Gasteiger partial charge in [-0.2, -0.15) is 4.98 Å². The summed E-state index contributed by atoms with van der Waals surface area (Å²) in [6, 6.07) is 19.3. The van der Waals surface area contributed by atoms with Crippen LogP contribution in [-0.4, -0.2) is 44.0 Å². The smallest absolute Gasteiger partial charge is 0.258 e. The van der Waals surface area contributed by atoms with Crippen molar-refractivity contribution in [3.8, 4) is 34.4 Å². The molecule has 0 aliphatic carbocycles. The lowest BCUT2D eigenvalue weighted by atomic mass is 10.1. The van der Waals surface area contributed by atoms with Gasteiger partial charge < -0.3 is 28.8 Å². The summed E-state index contributed by atoms with van der Waals surface area (Å²) in [6.07, 6.45) is 0.435. The van der Waals surface area contributed by atoms with E-state index in [1.54, 1.807) is 36.4 Å². The lowest BCUT2D eigenvalue weighted by molar-refractivity contribution is -0.124. The van der Waals surface area contributed by atoms with E-state index in [4.69, 9.17) is 35.1 Å². The van der Waals surface area contributed by atoms with Gasteiger partial charge in [0.15, 0.2) is 18.1 Å². The number of hydrogen-bond acceptors (Lipinski definition) is 8. The molecule has 0 bridgehead atoms. The van der Waals surface area contributed by atoms with Crippen LogP contribution in [0.4, 0.5) is 0 Å². The summed E-state index contributed by atoms with van der Waals surface area (Å²) in [5.74, 6) is 2.09.